The molecule has 0 aliphatic rings. The van der Waals surface area contributed by atoms with E-state index in [-0.39, 0.29) is 17.2 Å². The number of hydrogen-bond donors (Lipinski definition) is 1. The van der Waals surface area contributed by atoms with Crippen LogP contribution in [0.15, 0.2) is 58.5 Å². The highest BCUT2D eigenvalue weighted by atomic mass is 32.2. The predicted molar refractivity (Wildman–Crippen MR) is 120 cm³/mol. The van der Waals surface area contributed by atoms with Gasteiger partial charge in [0.05, 0.1) is 28.3 Å². The molecule has 31 heavy (non-hydrogen) atoms. The monoisotopic (exact) mass is 432 g/mol. The summed E-state index contributed by atoms with van der Waals surface area (Å²) >= 11 is 1.24. The molecule has 1 amide bonds. The van der Waals surface area contributed by atoms with Gasteiger partial charge < -0.3 is 5.32 Å². The van der Waals surface area contributed by atoms with Gasteiger partial charge in [-0.05, 0) is 36.8 Å². The maximum absolute atomic E-state index is 13.0. The third-order valence-electron chi connectivity index (χ3n) is 4.82. The van der Waals surface area contributed by atoms with E-state index in [1.54, 1.807) is 34.9 Å². The van der Waals surface area contributed by atoms with Gasteiger partial charge in [-0.2, -0.15) is 5.26 Å². The van der Waals surface area contributed by atoms with Crippen molar-refractivity contribution in [2.45, 2.75) is 31.5 Å². The molecule has 0 unspecified atom stereocenters. The number of nitrogens with one attached hydrogen (secondary N) is 1. The molecule has 0 aliphatic carbocycles. The first-order valence-corrected chi connectivity index (χ1v) is 10.9. The molecule has 0 saturated heterocycles. The number of carbonyl (C=O) groups excluding carboxylic acids is 1. The second-order valence-corrected chi connectivity index (χ2v) is 7.92. The zero-order valence-electron chi connectivity index (χ0n) is 16.9. The van der Waals surface area contributed by atoms with Crippen molar-refractivity contribution in [2.24, 2.45) is 0 Å². The number of nitriles is 1. The molecule has 2 aromatic heterocycles. The summed E-state index contributed by atoms with van der Waals surface area (Å²) in [6.45, 7) is 2.63. The third kappa shape index (κ3) is 4.15. The Morgan fingerprint density at radius 2 is 2.03 bits per heavy atom. The second kappa shape index (κ2) is 9.02. The van der Waals surface area contributed by atoms with E-state index in [1.165, 1.54) is 11.8 Å². The molecule has 0 radical (unpaired) electrons. The van der Waals surface area contributed by atoms with E-state index in [1.807, 2.05) is 22.6 Å². The quantitative estimate of drug-likeness (QED) is 0.449. The normalized spacial score (nSPS) is 11.0. The number of carbonyl (C=O) groups is 1. The van der Waals surface area contributed by atoms with Gasteiger partial charge in [0.25, 0.3) is 5.56 Å². The standard InChI is InChI=1S/C22H20N6O2S/c1-2-3-11-27-20(30)17-9-4-5-10-18(17)28-21(27)25-26-22(28)31-14-19(29)24-16-8-6-7-15(12-16)13-23/h4-10,12H,2-3,11,14H2,1H3,(H,24,29). The van der Waals surface area contributed by atoms with Crippen LogP contribution < -0.4 is 10.9 Å². The number of thioether (sulfide) groups is 1. The van der Waals surface area contributed by atoms with Gasteiger partial charge in [-0.3, -0.25) is 18.6 Å². The Labute approximate surface area is 182 Å². The number of nitrogens with zero attached hydrogens (tertiary/aromatic N) is 5. The van der Waals surface area contributed by atoms with Crippen molar-refractivity contribution in [2.75, 3.05) is 11.1 Å². The number of fused-ring (bicyclic) bond motifs is 3. The van der Waals surface area contributed by atoms with Crippen molar-refractivity contribution in [3.05, 3.63) is 64.4 Å². The van der Waals surface area contributed by atoms with Crippen LogP contribution in [0.1, 0.15) is 25.3 Å². The molecule has 0 bridgehead atoms. The first kappa shape index (κ1) is 20.6. The van der Waals surface area contributed by atoms with Crippen molar-refractivity contribution in [3.63, 3.8) is 0 Å². The van der Waals surface area contributed by atoms with E-state index in [9.17, 15) is 9.59 Å². The lowest BCUT2D eigenvalue weighted by atomic mass is 10.2. The molecule has 2 heterocycles. The lowest BCUT2D eigenvalue weighted by Crippen LogP contribution is -2.23. The van der Waals surface area contributed by atoms with E-state index in [0.29, 0.717) is 39.6 Å². The first-order chi connectivity index (χ1) is 15.1. The van der Waals surface area contributed by atoms with Gasteiger partial charge >= 0.3 is 0 Å². The molecule has 8 nitrogen and oxygen atoms in total. The lowest BCUT2D eigenvalue weighted by molar-refractivity contribution is -0.113. The average molecular weight is 433 g/mol. The summed E-state index contributed by atoms with van der Waals surface area (Å²) in [6, 6.07) is 16.1. The topological polar surface area (TPSA) is 105 Å². The van der Waals surface area contributed by atoms with Gasteiger partial charge in [-0.1, -0.05) is 43.3 Å². The number of aromatic nitrogens is 4. The van der Waals surface area contributed by atoms with Crippen LogP contribution in [0.5, 0.6) is 0 Å². The summed E-state index contributed by atoms with van der Waals surface area (Å²) in [6.07, 6.45) is 1.81. The van der Waals surface area contributed by atoms with Crippen molar-refractivity contribution >= 4 is 40.0 Å². The van der Waals surface area contributed by atoms with E-state index in [2.05, 4.69) is 28.5 Å². The van der Waals surface area contributed by atoms with Crippen LogP contribution in [0, 0.1) is 11.3 Å². The SMILES string of the molecule is CCCCn1c(=O)c2ccccc2n2c(SCC(=O)Nc3cccc(C#N)c3)nnc12. The molecule has 0 fully saturated rings. The summed E-state index contributed by atoms with van der Waals surface area (Å²) < 4.78 is 3.48. The average Bonchev–Trinajstić information content (AvgIpc) is 3.22. The van der Waals surface area contributed by atoms with Gasteiger partial charge in [0, 0.05) is 12.2 Å². The van der Waals surface area contributed by atoms with Crippen LogP contribution in [0.4, 0.5) is 5.69 Å². The van der Waals surface area contributed by atoms with Crippen LogP contribution in [0.2, 0.25) is 0 Å². The Morgan fingerprint density at radius 1 is 1.19 bits per heavy atom. The van der Waals surface area contributed by atoms with Crippen molar-refractivity contribution < 1.29 is 4.79 Å². The Balaban J connectivity index is 1.64. The predicted octanol–water partition coefficient (Wildman–Crippen LogP) is 3.45. The fourth-order valence-corrected chi connectivity index (χ4v) is 4.08. The number of rotatable bonds is 7. The smallest absolute Gasteiger partial charge is 0.262 e. The minimum absolute atomic E-state index is 0.0874. The molecular weight excluding hydrogens is 412 g/mol. The molecule has 156 valence electrons. The van der Waals surface area contributed by atoms with Crippen LogP contribution in [-0.4, -0.2) is 30.8 Å². The Bertz CT molecular complexity index is 1370. The zero-order valence-corrected chi connectivity index (χ0v) is 17.7. The fourth-order valence-electron chi connectivity index (χ4n) is 3.34. The maximum Gasteiger partial charge on any atom is 0.262 e. The van der Waals surface area contributed by atoms with Gasteiger partial charge in [-0.15, -0.1) is 10.2 Å². The number of unbranched alkanes of at least 4 members (excludes halogenated alkanes) is 1. The highest BCUT2D eigenvalue weighted by Gasteiger charge is 2.17. The summed E-state index contributed by atoms with van der Waals surface area (Å²) in [4.78, 5) is 25.4. The Morgan fingerprint density at radius 3 is 2.84 bits per heavy atom. The number of benzene rings is 2. The van der Waals surface area contributed by atoms with Crippen LogP contribution in [0.25, 0.3) is 16.7 Å². The number of amides is 1. The number of aryl methyl sites for hydroxylation is 1. The summed E-state index contributed by atoms with van der Waals surface area (Å²) in [5.41, 5.74) is 1.67. The van der Waals surface area contributed by atoms with E-state index >= 15 is 0 Å². The Hall–Kier alpha value is -3.64. The second-order valence-electron chi connectivity index (χ2n) is 6.97. The van der Waals surface area contributed by atoms with Gasteiger partial charge in [0.15, 0.2) is 5.16 Å². The molecule has 0 aliphatic heterocycles. The van der Waals surface area contributed by atoms with Gasteiger partial charge in [0.1, 0.15) is 0 Å². The molecule has 2 aromatic carbocycles. The molecule has 1 N–H and O–H groups in total. The molecule has 0 atom stereocenters. The fraction of sp³-hybridized carbons (Fsp3) is 0.227. The minimum Gasteiger partial charge on any atom is -0.325 e. The van der Waals surface area contributed by atoms with Crippen LogP contribution >= 0.6 is 11.8 Å². The highest BCUT2D eigenvalue weighted by Crippen LogP contribution is 2.22. The van der Waals surface area contributed by atoms with Gasteiger partial charge in [0.2, 0.25) is 11.7 Å². The number of para-hydroxylation sites is 1. The van der Waals surface area contributed by atoms with E-state index < -0.39 is 0 Å². The van der Waals surface area contributed by atoms with Crippen LogP contribution in [0.3, 0.4) is 0 Å². The van der Waals surface area contributed by atoms with Crippen molar-refractivity contribution in [1.29, 1.82) is 5.26 Å². The van der Waals surface area contributed by atoms with E-state index in [4.69, 9.17) is 5.26 Å². The van der Waals surface area contributed by atoms with Crippen molar-refractivity contribution in [3.8, 4) is 6.07 Å². The highest BCUT2D eigenvalue weighted by molar-refractivity contribution is 7.99. The number of anilines is 1. The summed E-state index contributed by atoms with van der Waals surface area (Å²) in [5.74, 6) is 0.363. The van der Waals surface area contributed by atoms with Crippen LogP contribution in [-0.2, 0) is 11.3 Å². The molecule has 0 spiro atoms. The third-order valence-corrected chi connectivity index (χ3v) is 5.75. The molecule has 4 rings (SSSR count). The summed E-state index contributed by atoms with van der Waals surface area (Å²) in [7, 11) is 0. The maximum atomic E-state index is 13.0. The minimum atomic E-state index is -0.222. The zero-order chi connectivity index (χ0) is 21.8. The van der Waals surface area contributed by atoms with Gasteiger partial charge in [-0.25, -0.2) is 0 Å². The first-order valence-electron chi connectivity index (χ1n) is 9.92. The Kier molecular flexibility index (Phi) is 6.00. The molecule has 4 aromatic rings. The summed E-state index contributed by atoms with van der Waals surface area (Å²) in [5, 5.41) is 21.4. The molecule has 9 heteroatoms. The van der Waals surface area contributed by atoms with Crippen molar-refractivity contribution in [1.82, 2.24) is 19.2 Å². The molecule has 0 saturated carbocycles. The molecular formula is C22H20N6O2S. The van der Waals surface area contributed by atoms with E-state index in [0.717, 1.165) is 12.8 Å². The largest absolute Gasteiger partial charge is 0.325 e. The lowest BCUT2D eigenvalue weighted by Gasteiger charge is -2.11. The number of hydrogen-bond acceptors (Lipinski definition) is 6.